The van der Waals surface area contributed by atoms with Gasteiger partial charge < -0.3 is 10.6 Å². The Kier molecular flexibility index (Phi) is 3.85. The van der Waals surface area contributed by atoms with Crippen LogP contribution < -0.4 is 10.6 Å². The largest absolute Gasteiger partial charge is 0.397 e. The summed E-state index contributed by atoms with van der Waals surface area (Å²) in [6.07, 6.45) is 1.93. The van der Waals surface area contributed by atoms with E-state index in [0.29, 0.717) is 5.56 Å². The maximum absolute atomic E-state index is 8.93. The van der Waals surface area contributed by atoms with Gasteiger partial charge in [-0.05, 0) is 18.2 Å². The van der Waals surface area contributed by atoms with Crippen molar-refractivity contribution in [1.29, 1.82) is 5.26 Å². The summed E-state index contributed by atoms with van der Waals surface area (Å²) in [5, 5.41) is 8.93. The van der Waals surface area contributed by atoms with Crippen LogP contribution in [-0.2, 0) is 0 Å². The van der Waals surface area contributed by atoms with E-state index in [9.17, 15) is 0 Å². The minimum Gasteiger partial charge on any atom is -0.397 e. The van der Waals surface area contributed by atoms with Gasteiger partial charge in [0, 0.05) is 32.7 Å². The summed E-state index contributed by atoms with van der Waals surface area (Å²) in [6, 6.07) is 7.60. The van der Waals surface area contributed by atoms with Gasteiger partial charge in [-0.2, -0.15) is 5.26 Å². The fourth-order valence-corrected chi connectivity index (χ4v) is 2.24. The van der Waals surface area contributed by atoms with Crippen molar-refractivity contribution in [3.63, 3.8) is 0 Å². The van der Waals surface area contributed by atoms with Crippen LogP contribution in [0.1, 0.15) is 5.56 Å². The van der Waals surface area contributed by atoms with Crippen LogP contribution in [0, 0.1) is 11.3 Å². The molecule has 0 amide bonds. The van der Waals surface area contributed by atoms with E-state index in [4.69, 9.17) is 11.0 Å². The second-order valence-electron chi connectivity index (χ2n) is 4.46. The summed E-state index contributed by atoms with van der Waals surface area (Å²) in [5.41, 5.74) is 8.37. The zero-order chi connectivity index (χ0) is 13.0. The lowest BCUT2D eigenvalue weighted by molar-refractivity contribution is 0.284. The van der Waals surface area contributed by atoms with Gasteiger partial charge in [-0.25, -0.2) is 0 Å². The Hall–Kier alpha value is -1.99. The van der Waals surface area contributed by atoms with Crippen molar-refractivity contribution >= 4 is 11.4 Å². The Morgan fingerprint density at radius 3 is 2.67 bits per heavy atom. The van der Waals surface area contributed by atoms with Gasteiger partial charge >= 0.3 is 0 Å². The first-order valence-electron chi connectivity index (χ1n) is 6.12. The molecule has 1 aliphatic heterocycles. The van der Waals surface area contributed by atoms with Gasteiger partial charge in [0.1, 0.15) is 0 Å². The minimum atomic E-state index is 0.660. The summed E-state index contributed by atoms with van der Waals surface area (Å²) in [5.74, 6) is 0. The lowest BCUT2D eigenvalue weighted by atomic mass is 10.1. The van der Waals surface area contributed by atoms with Crippen molar-refractivity contribution in [1.82, 2.24) is 4.90 Å². The molecule has 18 heavy (non-hydrogen) atoms. The summed E-state index contributed by atoms with van der Waals surface area (Å²) < 4.78 is 0. The van der Waals surface area contributed by atoms with E-state index in [1.54, 1.807) is 6.07 Å². The summed E-state index contributed by atoms with van der Waals surface area (Å²) >= 11 is 0. The molecule has 0 radical (unpaired) electrons. The molecule has 0 atom stereocenters. The molecule has 94 valence electrons. The fraction of sp³-hybridized carbons (Fsp3) is 0.357. The van der Waals surface area contributed by atoms with E-state index in [0.717, 1.165) is 44.1 Å². The zero-order valence-corrected chi connectivity index (χ0v) is 10.5. The average molecular weight is 242 g/mol. The summed E-state index contributed by atoms with van der Waals surface area (Å²) in [7, 11) is 0. The summed E-state index contributed by atoms with van der Waals surface area (Å²) in [6.45, 7) is 8.57. The lowest BCUT2D eigenvalue weighted by Crippen LogP contribution is -2.46. The maximum Gasteiger partial charge on any atom is 0.0992 e. The second-order valence-corrected chi connectivity index (χ2v) is 4.46. The third-order valence-corrected chi connectivity index (χ3v) is 3.26. The van der Waals surface area contributed by atoms with Gasteiger partial charge in [-0.3, -0.25) is 4.90 Å². The number of piperazine rings is 1. The molecule has 2 N–H and O–H groups in total. The fourth-order valence-electron chi connectivity index (χ4n) is 2.24. The van der Waals surface area contributed by atoms with Gasteiger partial charge in [0.05, 0.1) is 23.0 Å². The maximum atomic E-state index is 8.93. The molecule has 1 fully saturated rings. The highest BCUT2D eigenvalue weighted by Crippen LogP contribution is 2.25. The zero-order valence-electron chi connectivity index (χ0n) is 10.5. The molecule has 1 aliphatic rings. The molecule has 0 spiro atoms. The molecule has 4 nitrogen and oxygen atoms in total. The molecular weight excluding hydrogens is 224 g/mol. The molecule has 1 aromatic carbocycles. The number of nitrogens with zero attached hydrogens (tertiary/aromatic N) is 3. The third-order valence-electron chi connectivity index (χ3n) is 3.26. The monoisotopic (exact) mass is 242 g/mol. The molecule has 2 rings (SSSR count). The van der Waals surface area contributed by atoms with Crippen molar-refractivity contribution in [2.75, 3.05) is 43.4 Å². The van der Waals surface area contributed by atoms with Gasteiger partial charge in [0.25, 0.3) is 0 Å². The molecule has 0 aromatic heterocycles. The SMILES string of the molecule is C=CCN1CCN(c2cc(C#N)ccc2N)CC1. The smallest absolute Gasteiger partial charge is 0.0992 e. The topological polar surface area (TPSA) is 56.3 Å². The van der Waals surface area contributed by atoms with Gasteiger partial charge in [-0.1, -0.05) is 6.08 Å². The molecule has 0 aliphatic carbocycles. The van der Waals surface area contributed by atoms with Crippen LogP contribution in [0.25, 0.3) is 0 Å². The van der Waals surface area contributed by atoms with Crippen LogP contribution in [-0.4, -0.2) is 37.6 Å². The van der Waals surface area contributed by atoms with E-state index >= 15 is 0 Å². The van der Waals surface area contributed by atoms with E-state index in [2.05, 4.69) is 22.4 Å². The molecule has 1 saturated heterocycles. The first-order chi connectivity index (χ1) is 8.74. The predicted octanol–water partition coefficient (Wildman–Crippen LogP) is 1.45. The Labute approximate surface area is 108 Å². The Balaban J connectivity index is 2.09. The number of benzene rings is 1. The number of rotatable bonds is 3. The number of nitrogens with two attached hydrogens (primary N) is 1. The number of hydrogen-bond donors (Lipinski definition) is 1. The molecule has 0 unspecified atom stereocenters. The van der Waals surface area contributed by atoms with Crippen molar-refractivity contribution in [2.24, 2.45) is 0 Å². The van der Waals surface area contributed by atoms with Crippen LogP contribution in [0.3, 0.4) is 0 Å². The van der Waals surface area contributed by atoms with E-state index in [1.165, 1.54) is 0 Å². The van der Waals surface area contributed by atoms with E-state index in [1.807, 2.05) is 18.2 Å². The highest BCUT2D eigenvalue weighted by Gasteiger charge is 2.18. The molecule has 1 heterocycles. The Morgan fingerprint density at radius 2 is 2.06 bits per heavy atom. The van der Waals surface area contributed by atoms with Crippen LogP contribution in [0.5, 0.6) is 0 Å². The molecule has 0 bridgehead atoms. The number of anilines is 2. The van der Waals surface area contributed by atoms with Crippen LogP contribution in [0.15, 0.2) is 30.9 Å². The van der Waals surface area contributed by atoms with Crippen molar-refractivity contribution < 1.29 is 0 Å². The molecular formula is C14H18N4. The first-order valence-corrected chi connectivity index (χ1v) is 6.12. The molecule has 0 saturated carbocycles. The van der Waals surface area contributed by atoms with Gasteiger partial charge in [0.2, 0.25) is 0 Å². The van der Waals surface area contributed by atoms with Crippen molar-refractivity contribution in [3.05, 3.63) is 36.4 Å². The highest BCUT2D eigenvalue weighted by atomic mass is 15.3. The number of nitrogen functional groups attached to an aromatic ring is 1. The Morgan fingerprint density at radius 1 is 1.33 bits per heavy atom. The lowest BCUT2D eigenvalue weighted by Gasteiger charge is -2.36. The quantitative estimate of drug-likeness (QED) is 0.644. The van der Waals surface area contributed by atoms with Crippen molar-refractivity contribution in [2.45, 2.75) is 0 Å². The number of nitriles is 1. The van der Waals surface area contributed by atoms with Crippen LogP contribution >= 0.6 is 0 Å². The number of hydrogen-bond acceptors (Lipinski definition) is 4. The van der Waals surface area contributed by atoms with Gasteiger partial charge in [-0.15, -0.1) is 6.58 Å². The van der Waals surface area contributed by atoms with Crippen LogP contribution in [0.4, 0.5) is 11.4 Å². The molecule has 4 heteroatoms. The normalized spacial score (nSPS) is 16.3. The Bertz CT molecular complexity index is 467. The second kappa shape index (κ2) is 5.56. The average Bonchev–Trinajstić information content (AvgIpc) is 2.41. The predicted molar refractivity (Wildman–Crippen MR) is 74.4 cm³/mol. The third kappa shape index (κ3) is 2.63. The molecule has 1 aromatic rings. The van der Waals surface area contributed by atoms with Gasteiger partial charge in [0.15, 0.2) is 0 Å². The first kappa shape index (κ1) is 12.5. The van der Waals surface area contributed by atoms with Crippen molar-refractivity contribution in [3.8, 4) is 6.07 Å². The van der Waals surface area contributed by atoms with Crippen LogP contribution in [0.2, 0.25) is 0 Å². The van der Waals surface area contributed by atoms with E-state index in [-0.39, 0.29) is 0 Å². The highest BCUT2D eigenvalue weighted by molar-refractivity contribution is 5.69. The standard InChI is InChI=1S/C14H18N4/c1-2-5-17-6-8-18(9-7-17)14-10-12(11-15)3-4-13(14)16/h2-4,10H,1,5-9,16H2. The minimum absolute atomic E-state index is 0.660. The van der Waals surface area contributed by atoms with E-state index < -0.39 is 0 Å². The summed E-state index contributed by atoms with van der Waals surface area (Å²) in [4.78, 5) is 4.60.